The van der Waals surface area contributed by atoms with Gasteiger partial charge >= 0.3 is 5.97 Å². The Morgan fingerprint density at radius 1 is 1.41 bits per heavy atom. The second-order valence-electron chi connectivity index (χ2n) is 5.63. The van der Waals surface area contributed by atoms with Crippen LogP contribution in [-0.4, -0.2) is 34.6 Å². The summed E-state index contributed by atoms with van der Waals surface area (Å²) in [5.41, 5.74) is 0.481. The van der Waals surface area contributed by atoms with Gasteiger partial charge in [-0.1, -0.05) is 26.8 Å². The van der Waals surface area contributed by atoms with Crippen molar-refractivity contribution in [1.82, 2.24) is 5.32 Å². The van der Waals surface area contributed by atoms with Gasteiger partial charge in [-0.2, -0.15) is 0 Å². The minimum Gasteiger partial charge on any atom is -0.496 e. The van der Waals surface area contributed by atoms with Gasteiger partial charge in [0.05, 0.1) is 17.3 Å². The number of nitrogens with one attached hydrogen (secondary N) is 1. The molecular formula is C15H20BrNO4S. The summed E-state index contributed by atoms with van der Waals surface area (Å²) < 4.78 is 5.69. The van der Waals surface area contributed by atoms with Crippen LogP contribution in [0.5, 0.6) is 5.75 Å². The summed E-state index contributed by atoms with van der Waals surface area (Å²) in [6.45, 7) is 6.00. The second kappa shape index (κ2) is 7.87. The first-order chi connectivity index (χ1) is 10.1. The van der Waals surface area contributed by atoms with Crippen molar-refractivity contribution in [1.29, 1.82) is 0 Å². The van der Waals surface area contributed by atoms with Crippen LogP contribution in [0.3, 0.4) is 0 Å². The number of carboxylic acid groups (broad SMARTS) is 1. The van der Waals surface area contributed by atoms with E-state index in [4.69, 9.17) is 4.74 Å². The average Bonchev–Trinajstić information content (AvgIpc) is 2.41. The van der Waals surface area contributed by atoms with E-state index in [1.807, 2.05) is 20.8 Å². The molecule has 0 aromatic heterocycles. The lowest BCUT2D eigenvalue weighted by Crippen LogP contribution is -2.35. The number of hydrogen-bond donors (Lipinski definition) is 2. The topological polar surface area (TPSA) is 75.6 Å². The molecule has 0 bridgehead atoms. The lowest BCUT2D eigenvalue weighted by molar-refractivity contribution is -0.141. The molecule has 1 atom stereocenters. The van der Waals surface area contributed by atoms with Gasteiger partial charge in [0.1, 0.15) is 5.75 Å². The smallest absolute Gasteiger partial charge is 0.330 e. The third-order valence-electron chi connectivity index (χ3n) is 2.70. The van der Waals surface area contributed by atoms with Crippen LogP contribution in [0.15, 0.2) is 22.7 Å². The third kappa shape index (κ3) is 5.88. The van der Waals surface area contributed by atoms with Crippen LogP contribution in [0, 0.1) is 0 Å². The number of aliphatic carboxylic acids is 1. The highest BCUT2D eigenvalue weighted by Gasteiger charge is 2.24. The zero-order valence-electron chi connectivity index (χ0n) is 13.0. The van der Waals surface area contributed by atoms with E-state index in [0.29, 0.717) is 15.8 Å². The van der Waals surface area contributed by atoms with Crippen molar-refractivity contribution in [3.63, 3.8) is 0 Å². The summed E-state index contributed by atoms with van der Waals surface area (Å²) in [5, 5.41) is 11.9. The molecular weight excluding hydrogens is 370 g/mol. The molecule has 1 aromatic carbocycles. The van der Waals surface area contributed by atoms with Gasteiger partial charge in [-0.25, -0.2) is 4.79 Å². The summed E-state index contributed by atoms with van der Waals surface area (Å²) in [7, 11) is 1.53. The minimum absolute atomic E-state index is 0.0563. The van der Waals surface area contributed by atoms with Gasteiger partial charge in [-0.3, -0.25) is 4.79 Å². The molecule has 1 rings (SSSR count). The fourth-order valence-electron chi connectivity index (χ4n) is 1.63. The Morgan fingerprint density at radius 3 is 2.50 bits per heavy atom. The number of halogens is 1. The molecule has 2 N–H and O–H groups in total. The first kappa shape index (κ1) is 18.8. The van der Waals surface area contributed by atoms with Crippen LogP contribution in [0.2, 0.25) is 0 Å². The Balaban J connectivity index is 2.84. The van der Waals surface area contributed by atoms with Crippen LogP contribution in [0.4, 0.5) is 0 Å². The van der Waals surface area contributed by atoms with E-state index < -0.39 is 12.0 Å². The van der Waals surface area contributed by atoms with Gasteiger partial charge in [0.25, 0.3) is 0 Å². The molecule has 22 heavy (non-hydrogen) atoms. The van der Waals surface area contributed by atoms with Crippen LogP contribution in [-0.2, 0) is 9.59 Å². The highest BCUT2D eigenvalue weighted by molar-refractivity contribution is 9.10. The normalized spacial score (nSPS) is 12.6. The largest absolute Gasteiger partial charge is 0.496 e. The molecule has 0 fully saturated rings. The van der Waals surface area contributed by atoms with E-state index >= 15 is 0 Å². The first-order valence-electron chi connectivity index (χ1n) is 6.63. The summed E-state index contributed by atoms with van der Waals surface area (Å²) in [4.78, 5) is 23.4. The van der Waals surface area contributed by atoms with Crippen LogP contribution < -0.4 is 10.1 Å². The quantitative estimate of drug-likeness (QED) is 0.780. The summed E-state index contributed by atoms with van der Waals surface area (Å²) in [5.74, 6) is -0.599. The van der Waals surface area contributed by atoms with Gasteiger partial charge in [-0.05, 0) is 33.6 Å². The number of carbonyl (C=O) groups is 2. The molecule has 5 nitrogen and oxygen atoms in total. The zero-order valence-corrected chi connectivity index (χ0v) is 15.4. The number of hydrogen-bond acceptors (Lipinski definition) is 4. The van der Waals surface area contributed by atoms with E-state index in [2.05, 4.69) is 21.2 Å². The number of thioether (sulfide) groups is 1. The standard InChI is InChI=1S/C15H20BrNO4S/c1-15(2,3)22-8-12(18)17-13(14(19)20)9-5-6-11(21-4)10(16)7-9/h5-7,13H,8H2,1-4H3,(H,17,18)(H,19,20). The fourth-order valence-corrected chi connectivity index (χ4v) is 2.84. The first-order valence-corrected chi connectivity index (χ1v) is 8.41. The van der Waals surface area contributed by atoms with Crippen molar-refractivity contribution in [2.24, 2.45) is 0 Å². The van der Waals surface area contributed by atoms with Gasteiger partial charge in [0, 0.05) is 4.75 Å². The van der Waals surface area contributed by atoms with E-state index in [0.717, 1.165) is 0 Å². The number of amides is 1. The second-order valence-corrected chi connectivity index (χ2v) is 8.29. The van der Waals surface area contributed by atoms with Crippen molar-refractivity contribution in [3.05, 3.63) is 28.2 Å². The van der Waals surface area contributed by atoms with Gasteiger partial charge < -0.3 is 15.2 Å². The van der Waals surface area contributed by atoms with E-state index in [1.54, 1.807) is 18.2 Å². The van der Waals surface area contributed by atoms with Crippen molar-refractivity contribution in [2.75, 3.05) is 12.9 Å². The molecule has 122 valence electrons. The molecule has 1 aromatic rings. The van der Waals surface area contributed by atoms with Crippen molar-refractivity contribution >= 4 is 39.6 Å². The summed E-state index contributed by atoms with van der Waals surface area (Å²) in [6, 6.07) is 3.83. The molecule has 0 radical (unpaired) electrons. The molecule has 0 aliphatic carbocycles. The van der Waals surface area contributed by atoms with Gasteiger partial charge in [0.2, 0.25) is 5.91 Å². The lowest BCUT2D eigenvalue weighted by Gasteiger charge is -2.19. The van der Waals surface area contributed by atoms with Gasteiger partial charge in [-0.15, -0.1) is 11.8 Å². The molecule has 0 aliphatic heterocycles. The lowest BCUT2D eigenvalue weighted by atomic mass is 10.1. The maximum absolute atomic E-state index is 12.0. The molecule has 0 aliphatic rings. The number of carboxylic acids is 1. The minimum atomic E-state index is -1.11. The number of benzene rings is 1. The van der Waals surface area contributed by atoms with Crippen molar-refractivity contribution in [3.8, 4) is 5.75 Å². The predicted octanol–water partition coefficient (Wildman–Crippen LogP) is 3.23. The van der Waals surface area contributed by atoms with E-state index in [-0.39, 0.29) is 16.4 Å². The van der Waals surface area contributed by atoms with Gasteiger partial charge in [0.15, 0.2) is 6.04 Å². The zero-order chi connectivity index (χ0) is 16.9. The highest BCUT2D eigenvalue weighted by Crippen LogP contribution is 2.28. The van der Waals surface area contributed by atoms with Crippen LogP contribution in [0.25, 0.3) is 0 Å². The monoisotopic (exact) mass is 389 g/mol. The Morgan fingerprint density at radius 2 is 2.05 bits per heavy atom. The van der Waals surface area contributed by atoms with E-state index in [9.17, 15) is 14.7 Å². The summed E-state index contributed by atoms with van der Waals surface area (Å²) in [6.07, 6.45) is 0. The molecule has 0 saturated heterocycles. The molecule has 7 heteroatoms. The number of rotatable bonds is 6. The molecule has 1 unspecified atom stereocenters. The third-order valence-corrected chi connectivity index (χ3v) is 4.59. The Hall–Kier alpha value is -1.21. The SMILES string of the molecule is COc1ccc(C(NC(=O)CSC(C)(C)C)C(=O)O)cc1Br. The maximum Gasteiger partial charge on any atom is 0.330 e. The Kier molecular flexibility index (Phi) is 6.74. The number of ether oxygens (including phenoxy) is 1. The molecule has 0 saturated carbocycles. The Labute approximate surface area is 142 Å². The van der Waals surface area contributed by atoms with Crippen molar-refractivity contribution < 1.29 is 19.4 Å². The van der Waals surface area contributed by atoms with Crippen LogP contribution >= 0.6 is 27.7 Å². The van der Waals surface area contributed by atoms with Crippen LogP contribution in [0.1, 0.15) is 32.4 Å². The molecule has 1 amide bonds. The molecule has 0 heterocycles. The predicted molar refractivity (Wildman–Crippen MR) is 91.4 cm³/mol. The maximum atomic E-state index is 12.0. The fraction of sp³-hybridized carbons (Fsp3) is 0.467. The summed E-state index contributed by atoms with van der Waals surface area (Å²) >= 11 is 4.78. The average molecular weight is 390 g/mol. The Bertz CT molecular complexity index is 557. The van der Waals surface area contributed by atoms with Crippen molar-refractivity contribution in [2.45, 2.75) is 31.6 Å². The van der Waals surface area contributed by atoms with E-state index in [1.165, 1.54) is 18.9 Å². The highest BCUT2D eigenvalue weighted by atomic mass is 79.9. The molecule has 0 spiro atoms. The number of carbonyl (C=O) groups excluding carboxylic acids is 1. The number of methoxy groups -OCH3 is 1.